The smallest absolute Gasteiger partial charge is 0.251 e. The molecule has 4 nitrogen and oxygen atoms in total. The first-order chi connectivity index (χ1) is 9.06. The van der Waals surface area contributed by atoms with Crippen LogP contribution in [-0.4, -0.2) is 37.0 Å². The minimum Gasteiger partial charge on any atom is -0.399 e. The first-order valence-corrected chi connectivity index (χ1v) is 6.63. The van der Waals surface area contributed by atoms with Crippen molar-refractivity contribution in [2.45, 2.75) is 20.3 Å². The van der Waals surface area contributed by atoms with Crippen molar-refractivity contribution < 1.29 is 9.18 Å². The molecule has 0 radical (unpaired) electrons. The number of carbonyl (C=O) groups is 1. The highest BCUT2D eigenvalue weighted by Gasteiger charge is 2.08. The van der Waals surface area contributed by atoms with Gasteiger partial charge in [0.05, 0.1) is 0 Å². The molecule has 0 unspecified atom stereocenters. The summed E-state index contributed by atoms with van der Waals surface area (Å²) in [5.41, 5.74) is 6.02. The van der Waals surface area contributed by atoms with E-state index in [4.69, 9.17) is 5.73 Å². The summed E-state index contributed by atoms with van der Waals surface area (Å²) in [6, 6.07) is 3.86. The molecule has 0 saturated heterocycles. The Labute approximate surface area is 113 Å². The Morgan fingerprint density at radius 3 is 2.63 bits per heavy atom. The van der Waals surface area contributed by atoms with Gasteiger partial charge in [0.25, 0.3) is 5.91 Å². The van der Waals surface area contributed by atoms with Crippen molar-refractivity contribution in [1.82, 2.24) is 10.2 Å². The van der Waals surface area contributed by atoms with Crippen LogP contribution in [0.2, 0.25) is 0 Å². The molecule has 19 heavy (non-hydrogen) atoms. The minimum atomic E-state index is -0.494. The molecule has 0 aliphatic carbocycles. The van der Waals surface area contributed by atoms with Crippen molar-refractivity contribution >= 4 is 11.6 Å². The van der Waals surface area contributed by atoms with E-state index in [9.17, 15) is 9.18 Å². The fourth-order valence-electron chi connectivity index (χ4n) is 1.92. The number of benzene rings is 1. The average molecular weight is 267 g/mol. The maximum Gasteiger partial charge on any atom is 0.251 e. The van der Waals surface area contributed by atoms with Gasteiger partial charge in [0.15, 0.2) is 0 Å². The summed E-state index contributed by atoms with van der Waals surface area (Å²) < 4.78 is 13.1. The number of rotatable bonds is 7. The Morgan fingerprint density at radius 2 is 2.05 bits per heavy atom. The molecule has 106 valence electrons. The molecule has 0 saturated carbocycles. The van der Waals surface area contributed by atoms with Gasteiger partial charge in [-0.15, -0.1) is 0 Å². The second kappa shape index (κ2) is 7.74. The topological polar surface area (TPSA) is 58.4 Å². The number of anilines is 1. The summed E-state index contributed by atoms with van der Waals surface area (Å²) in [4.78, 5) is 14.1. The molecule has 0 aliphatic heterocycles. The summed E-state index contributed by atoms with van der Waals surface area (Å²) in [6.45, 7) is 7.52. The molecule has 0 atom stereocenters. The van der Waals surface area contributed by atoms with Crippen molar-refractivity contribution in [3.8, 4) is 0 Å². The molecule has 3 N–H and O–H groups in total. The first kappa shape index (κ1) is 15.4. The molecule has 1 aromatic rings. The Bertz CT molecular complexity index is 403. The predicted octanol–water partition coefficient (Wildman–Crippen LogP) is 1.87. The molecule has 0 bridgehead atoms. The van der Waals surface area contributed by atoms with Gasteiger partial charge in [-0.1, -0.05) is 13.8 Å². The van der Waals surface area contributed by atoms with Gasteiger partial charge in [0.1, 0.15) is 5.82 Å². The fourth-order valence-corrected chi connectivity index (χ4v) is 1.92. The quantitative estimate of drug-likeness (QED) is 0.741. The van der Waals surface area contributed by atoms with E-state index < -0.39 is 5.82 Å². The summed E-state index contributed by atoms with van der Waals surface area (Å²) >= 11 is 0. The summed E-state index contributed by atoms with van der Waals surface area (Å²) in [6.07, 6.45) is 1.09. The number of amides is 1. The van der Waals surface area contributed by atoms with Crippen LogP contribution < -0.4 is 11.1 Å². The van der Waals surface area contributed by atoms with Crippen LogP contribution in [0.25, 0.3) is 0 Å². The van der Waals surface area contributed by atoms with Crippen LogP contribution in [0.4, 0.5) is 10.1 Å². The SMILES string of the molecule is CCCN(CC)CCNC(=O)c1cc(N)cc(F)c1. The van der Waals surface area contributed by atoms with E-state index in [1.807, 2.05) is 0 Å². The van der Waals surface area contributed by atoms with Gasteiger partial charge < -0.3 is 16.0 Å². The molecule has 0 fully saturated rings. The van der Waals surface area contributed by atoms with Crippen LogP contribution in [0.5, 0.6) is 0 Å². The van der Waals surface area contributed by atoms with Crippen LogP contribution in [0.1, 0.15) is 30.6 Å². The number of nitrogens with two attached hydrogens (primary N) is 1. The highest BCUT2D eigenvalue weighted by molar-refractivity contribution is 5.95. The zero-order chi connectivity index (χ0) is 14.3. The number of likely N-dealkylation sites (N-methyl/N-ethyl adjacent to an activating group) is 1. The second-order valence-corrected chi connectivity index (χ2v) is 4.46. The lowest BCUT2D eigenvalue weighted by atomic mass is 10.2. The molecule has 0 aliphatic rings. The monoisotopic (exact) mass is 267 g/mol. The molecule has 5 heteroatoms. The fraction of sp³-hybridized carbons (Fsp3) is 0.500. The van der Waals surface area contributed by atoms with E-state index in [1.165, 1.54) is 18.2 Å². The highest BCUT2D eigenvalue weighted by atomic mass is 19.1. The third-order valence-corrected chi connectivity index (χ3v) is 2.88. The number of nitrogens with zero attached hydrogens (tertiary/aromatic N) is 1. The van der Waals surface area contributed by atoms with Gasteiger partial charge in [-0.3, -0.25) is 4.79 Å². The standard InChI is InChI=1S/C14H22FN3O/c1-3-6-18(4-2)7-5-17-14(19)11-8-12(15)10-13(16)9-11/h8-10H,3-7,16H2,1-2H3,(H,17,19). The third-order valence-electron chi connectivity index (χ3n) is 2.88. The van der Waals surface area contributed by atoms with E-state index in [-0.39, 0.29) is 17.2 Å². The van der Waals surface area contributed by atoms with E-state index in [0.717, 1.165) is 26.1 Å². The van der Waals surface area contributed by atoms with Gasteiger partial charge in [0.2, 0.25) is 0 Å². The molecule has 1 rings (SSSR count). The molecular formula is C14H22FN3O. The molecule has 0 spiro atoms. The van der Waals surface area contributed by atoms with Crippen LogP contribution in [-0.2, 0) is 0 Å². The largest absolute Gasteiger partial charge is 0.399 e. The number of nitrogens with one attached hydrogen (secondary N) is 1. The van der Waals surface area contributed by atoms with E-state index in [1.54, 1.807) is 0 Å². The van der Waals surface area contributed by atoms with E-state index in [0.29, 0.717) is 6.54 Å². The van der Waals surface area contributed by atoms with Crippen LogP contribution in [0.15, 0.2) is 18.2 Å². The number of carbonyl (C=O) groups excluding carboxylic acids is 1. The first-order valence-electron chi connectivity index (χ1n) is 6.63. The van der Waals surface area contributed by atoms with Crippen LogP contribution in [0.3, 0.4) is 0 Å². The molecule has 1 amide bonds. The van der Waals surface area contributed by atoms with Crippen molar-refractivity contribution in [2.24, 2.45) is 0 Å². The Hall–Kier alpha value is -1.62. The second-order valence-electron chi connectivity index (χ2n) is 4.46. The van der Waals surface area contributed by atoms with Crippen molar-refractivity contribution in [3.05, 3.63) is 29.6 Å². The van der Waals surface area contributed by atoms with Crippen LogP contribution in [0, 0.1) is 5.82 Å². The molecular weight excluding hydrogens is 245 g/mol. The Morgan fingerprint density at radius 1 is 1.32 bits per heavy atom. The molecule has 0 heterocycles. The minimum absolute atomic E-state index is 0.256. The number of hydrogen-bond donors (Lipinski definition) is 2. The normalized spacial score (nSPS) is 10.7. The maximum atomic E-state index is 13.1. The number of halogens is 1. The van der Waals surface area contributed by atoms with Gasteiger partial charge in [-0.05, 0) is 37.7 Å². The number of hydrogen-bond acceptors (Lipinski definition) is 3. The van der Waals surface area contributed by atoms with Crippen LogP contribution >= 0.6 is 0 Å². The van der Waals surface area contributed by atoms with Gasteiger partial charge in [0, 0.05) is 24.3 Å². The summed E-state index contributed by atoms with van der Waals surface area (Å²) in [5, 5.41) is 2.77. The van der Waals surface area contributed by atoms with Crippen molar-refractivity contribution in [2.75, 3.05) is 31.9 Å². The van der Waals surface area contributed by atoms with E-state index in [2.05, 4.69) is 24.1 Å². The lowest BCUT2D eigenvalue weighted by Gasteiger charge is -2.19. The molecule has 1 aromatic carbocycles. The lowest BCUT2D eigenvalue weighted by Crippen LogP contribution is -2.35. The highest BCUT2D eigenvalue weighted by Crippen LogP contribution is 2.10. The van der Waals surface area contributed by atoms with Gasteiger partial charge >= 0.3 is 0 Å². The third kappa shape index (κ3) is 5.26. The number of nitrogen functional groups attached to an aromatic ring is 1. The van der Waals surface area contributed by atoms with Gasteiger partial charge in [-0.25, -0.2) is 4.39 Å². The summed E-state index contributed by atoms with van der Waals surface area (Å²) in [7, 11) is 0. The Kier molecular flexibility index (Phi) is 6.29. The maximum absolute atomic E-state index is 13.1. The van der Waals surface area contributed by atoms with Gasteiger partial charge in [-0.2, -0.15) is 0 Å². The zero-order valence-corrected chi connectivity index (χ0v) is 11.6. The molecule has 0 aromatic heterocycles. The van der Waals surface area contributed by atoms with Crippen molar-refractivity contribution in [1.29, 1.82) is 0 Å². The predicted molar refractivity (Wildman–Crippen MR) is 75.6 cm³/mol. The zero-order valence-electron chi connectivity index (χ0n) is 11.6. The van der Waals surface area contributed by atoms with E-state index >= 15 is 0 Å². The Balaban J connectivity index is 2.46. The lowest BCUT2D eigenvalue weighted by molar-refractivity contribution is 0.0948. The van der Waals surface area contributed by atoms with Crippen molar-refractivity contribution in [3.63, 3.8) is 0 Å². The summed E-state index contributed by atoms with van der Waals surface area (Å²) in [5.74, 6) is -0.787. The average Bonchev–Trinajstić information content (AvgIpc) is 2.36.